The molecule has 0 saturated heterocycles. The van der Waals surface area contributed by atoms with Gasteiger partial charge in [-0.25, -0.2) is 9.59 Å². The first kappa shape index (κ1) is 20.8. The molecule has 1 N–H and O–H groups in total. The normalized spacial score (nSPS) is 13.5. The van der Waals surface area contributed by atoms with Gasteiger partial charge in [0, 0.05) is 18.6 Å². The highest BCUT2D eigenvalue weighted by Gasteiger charge is 2.29. The Morgan fingerprint density at radius 1 is 1.09 bits per heavy atom. The Morgan fingerprint density at radius 2 is 1.77 bits per heavy atom. The van der Waals surface area contributed by atoms with Crippen LogP contribution in [0.4, 0.5) is 0 Å². The molecule has 0 aliphatic heterocycles. The van der Waals surface area contributed by atoms with Gasteiger partial charge in [-0.2, -0.15) is 0 Å². The van der Waals surface area contributed by atoms with Gasteiger partial charge in [-0.3, -0.25) is 9.78 Å². The van der Waals surface area contributed by atoms with Crippen LogP contribution >= 0.6 is 0 Å². The molecule has 0 amide bonds. The minimum Gasteiger partial charge on any atom is -0.390 e. The molecule has 8 nitrogen and oxygen atoms in total. The smallest absolute Gasteiger partial charge is 0.352 e. The van der Waals surface area contributed by atoms with Crippen molar-refractivity contribution in [1.82, 2.24) is 0 Å². The molecule has 2 unspecified atom stereocenters. The lowest BCUT2D eigenvalue weighted by molar-refractivity contribution is -0.460. The highest BCUT2D eigenvalue weighted by molar-refractivity contribution is 5.72. The fourth-order valence-electron chi connectivity index (χ4n) is 1.63. The van der Waals surface area contributed by atoms with Crippen LogP contribution in [-0.4, -0.2) is 49.6 Å². The molecule has 0 rings (SSSR count). The van der Waals surface area contributed by atoms with E-state index in [2.05, 4.69) is 14.8 Å². The van der Waals surface area contributed by atoms with Gasteiger partial charge >= 0.3 is 11.9 Å². The number of aliphatic hydroxyl groups is 1. The molecule has 0 aromatic carbocycles. The first-order chi connectivity index (χ1) is 10.5. The van der Waals surface area contributed by atoms with Crippen LogP contribution in [0.25, 0.3) is 0 Å². The van der Waals surface area contributed by atoms with Gasteiger partial charge in [0.2, 0.25) is 0 Å². The number of unbranched alkanes of at least 4 members (excludes halogenated alkanes) is 1. The summed E-state index contributed by atoms with van der Waals surface area (Å²) < 4.78 is 10.3. The lowest BCUT2D eigenvalue weighted by atomic mass is 9.96. The summed E-state index contributed by atoms with van der Waals surface area (Å²) in [6.07, 6.45) is 0.950. The van der Waals surface area contributed by atoms with Crippen molar-refractivity contribution in [2.75, 3.05) is 26.4 Å². The third kappa shape index (κ3) is 10.5. The Bertz CT molecular complexity index is 307. The second-order valence-electron chi connectivity index (χ2n) is 4.63. The van der Waals surface area contributed by atoms with Crippen LogP contribution in [0.3, 0.4) is 0 Å². The summed E-state index contributed by atoms with van der Waals surface area (Å²) in [5.41, 5.74) is 0. The zero-order valence-electron chi connectivity index (χ0n) is 13.4. The molecule has 0 saturated carbocycles. The Labute approximate surface area is 130 Å². The van der Waals surface area contributed by atoms with E-state index in [1.807, 2.05) is 13.8 Å². The molecule has 22 heavy (non-hydrogen) atoms. The van der Waals surface area contributed by atoms with E-state index in [-0.39, 0.29) is 6.61 Å². The Kier molecular flexibility index (Phi) is 12.7. The molecular formula is C14H26O8. The molecule has 0 fully saturated rings. The van der Waals surface area contributed by atoms with Crippen LogP contribution in [0.2, 0.25) is 0 Å². The maximum Gasteiger partial charge on any atom is 0.352 e. The molecule has 0 bridgehead atoms. The molecule has 0 aliphatic carbocycles. The predicted molar refractivity (Wildman–Crippen MR) is 75.3 cm³/mol. The number of carbonyl (C=O) groups is 2. The molecular weight excluding hydrogens is 296 g/mol. The number of ether oxygens (including phenoxy) is 2. The summed E-state index contributed by atoms with van der Waals surface area (Å²) in [6, 6.07) is 0. The third-order valence-electron chi connectivity index (χ3n) is 2.77. The van der Waals surface area contributed by atoms with E-state index in [4.69, 9.17) is 9.47 Å². The van der Waals surface area contributed by atoms with E-state index < -0.39 is 24.0 Å². The lowest BCUT2D eigenvalue weighted by Crippen LogP contribution is -2.34. The Hall–Kier alpha value is -1.22. The minimum atomic E-state index is -1.04. The predicted octanol–water partition coefficient (Wildman–Crippen LogP) is 1.16. The zero-order valence-corrected chi connectivity index (χ0v) is 13.4. The van der Waals surface area contributed by atoms with Crippen molar-refractivity contribution >= 4 is 11.9 Å². The van der Waals surface area contributed by atoms with Crippen LogP contribution in [0, 0.1) is 5.92 Å². The fraction of sp³-hybridized carbons (Fsp3) is 0.857. The molecule has 0 heterocycles. The molecule has 2 atom stereocenters. The molecule has 0 radical (unpaired) electrons. The summed E-state index contributed by atoms with van der Waals surface area (Å²) in [7, 11) is 0. The molecule has 8 heteroatoms. The highest BCUT2D eigenvalue weighted by atomic mass is 17.5. The van der Waals surface area contributed by atoms with E-state index in [9.17, 15) is 14.7 Å². The van der Waals surface area contributed by atoms with Crippen molar-refractivity contribution in [3.8, 4) is 0 Å². The van der Waals surface area contributed by atoms with Crippen molar-refractivity contribution in [2.24, 2.45) is 5.92 Å². The summed E-state index contributed by atoms with van der Waals surface area (Å²) in [5.74, 6) is -2.38. The molecule has 0 spiro atoms. The number of rotatable bonds is 13. The largest absolute Gasteiger partial charge is 0.390 e. The van der Waals surface area contributed by atoms with Crippen molar-refractivity contribution in [1.29, 1.82) is 0 Å². The number of carbonyl (C=O) groups excluding carboxylic acids is 2. The molecule has 0 aromatic heterocycles. The Morgan fingerprint density at radius 3 is 2.36 bits per heavy atom. The van der Waals surface area contributed by atoms with Gasteiger partial charge in [0.1, 0.15) is 0 Å². The van der Waals surface area contributed by atoms with E-state index in [0.29, 0.717) is 26.2 Å². The van der Waals surface area contributed by atoms with Gasteiger partial charge in [0.25, 0.3) is 0 Å². The van der Waals surface area contributed by atoms with E-state index in [1.54, 1.807) is 0 Å². The van der Waals surface area contributed by atoms with Gasteiger partial charge in [-0.15, -0.1) is 0 Å². The summed E-state index contributed by atoms with van der Waals surface area (Å²) in [6.45, 7) is 6.24. The third-order valence-corrected chi connectivity index (χ3v) is 2.77. The van der Waals surface area contributed by atoms with Crippen LogP contribution in [0.1, 0.15) is 40.0 Å². The average molecular weight is 322 g/mol. The number of hydrogen-bond donors (Lipinski definition) is 1. The Balaban J connectivity index is 4.22. The summed E-state index contributed by atoms with van der Waals surface area (Å²) in [4.78, 5) is 30.8. The first-order valence-electron chi connectivity index (χ1n) is 7.42. The maximum absolute atomic E-state index is 11.8. The molecule has 0 aromatic rings. The van der Waals surface area contributed by atoms with Crippen molar-refractivity contribution in [3.63, 3.8) is 0 Å². The van der Waals surface area contributed by atoms with E-state index in [0.717, 1.165) is 19.8 Å². The average Bonchev–Trinajstić information content (AvgIpc) is 2.47. The number of hydrogen-bond acceptors (Lipinski definition) is 8. The van der Waals surface area contributed by atoms with Crippen LogP contribution < -0.4 is 0 Å². The van der Waals surface area contributed by atoms with Crippen LogP contribution in [-0.2, 0) is 33.9 Å². The number of aliphatic hydroxyl groups excluding tert-OH is 1. The first-order valence-corrected chi connectivity index (χ1v) is 7.42. The SMILES string of the molecule is CCCCC(C(=O)OOOC(C)=O)C(O)COCCOCC. The lowest BCUT2D eigenvalue weighted by Gasteiger charge is -2.20. The highest BCUT2D eigenvalue weighted by Crippen LogP contribution is 2.16. The van der Waals surface area contributed by atoms with Crippen LogP contribution in [0.15, 0.2) is 0 Å². The van der Waals surface area contributed by atoms with Crippen LogP contribution in [0.5, 0.6) is 0 Å². The monoisotopic (exact) mass is 322 g/mol. The van der Waals surface area contributed by atoms with Crippen molar-refractivity contribution in [3.05, 3.63) is 0 Å². The second kappa shape index (κ2) is 13.4. The minimum absolute atomic E-state index is 0.0237. The van der Waals surface area contributed by atoms with E-state index >= 15 is 0 Å². The standard InChI is InChI=1S/C14H26O8/c1-4-6-7-12(14(17)21-22-20-11(3)15)13(16)10-19-9-8-18-5-2/h12-13,16H,4-10H2,1-3H3. The summed E-state index contributed by atoms with van der Waals surface area (Å²) >= 11 is 0. The van der Waals surface area contributed by atoms with E-state index in [1.165, 1.54) is 0 Å². The summed E-state index contributed by atoms with van der Waals surface area (Å²) in [5, 5.41) is 14.1. The molecule has 130 valence electrons. The van der Waals surface area contributed by atoms with Gasteiger partial charge in [-0.05, 0) is 13.3 Å². The van der Waals surface area contributed by atoms with Gasteiger partial charge < -0.3 is 14.6 Å². The topological polar surface area (TPSA) is 101 Å². The zero-order chi connectivity index (χ0) is 16.8. The van der Waals surface area contributed by atoms with Gasteiger partial charge in [-0.1, -0.05) is 19.8 Å². The fourth-order valence-corrected chi connectivity index (χ4v) is 1.63. The quantitative estimate of drug-likeness (QED) is 0.306. The van der Waals surface area contributed by atoms with Gasteiger partial charge in [0.15, 0.2) is 0 Å². The maximum atomic E-state index is 11.8. The van der Waals surface area contributed by atoms with Crippen molar-refractivity contribution < 1.29 is 39.0 Å². The van der Waals surface area contributed by atoms with Gasteiger partial charge in [0.05, 0.1) is 31.8 Å². The molecule has 0 aliphatic rings. The van der Waals surface area contributed by atoms with Crippen molar-refractivity contribution in [2.45, 2.75) is 46.1 Å². The second-order valence-corrected chi connectivity index (χ2v) is 4.63.